The highest BCUT2D eigenvalue weighted by molar-refractivity contribution is 6.56. The van der Waals surface area contributed by atoms with Crippen LogP contribution in [0.4, 0.5) is 4.79 Å². The second-order valence-electron chi connectivity index (χ2n) is 9.10. The maximum absolute atomic E-state index is 12.1. The number of carbonyl (C=O) groups is 2. The maximum atomic E-state index is 12.1. The third-order valence-electron chi connectivity index (χ3n) is 4.93. The minimum absolute atomic E-state index is 0.123. The van der Waals surface area contributed by atoms with Gasteiger partial charge in [0.05, 0.1) is 16.8 Å². The molecule has 1 amide bonds. The molecule has 0 aliphatic carbocycles. The molecule has 0 atom stereocenters. The third kappa shape index (κ3) is 5.84. The summed E-state index contributed by atoms with van der Waals surface area (Å²) in [4.78, 5) is 23.0. The number of aromatic hydroxyl groups is 1. The van der Waals surface area contributed by atoms with Crippen molar-refractivity contribution in [3.8, 4) is 5.75 Å². The number of phenols is 1. The van der Waals surface area contributed by atoms with E-state index in [1.165, 1.54) is 12.1 Å². The molecule has 0 unspecified atom stereocenters. The van der Waals surface area contributed by atoms with Gasteiger partial charge < -0.3 is 24.5 Å². The van der Waals surface area contributed by atoms with Crippen LogP contribution in [0.15, 0.2) is 23.7 Å². The number of carbonyl (C=O) groups excluding carboxylic acids is 2. The van der Waals surface area contributed by atoms with Gasteiger partial charge in [0.25, 0.3) is 0 Å². The lowest BCUT2D eigenvalue weighted by molar-refractivity contribution is 0.00578. The molecule has 7 nitrogen and oxygen atoms in total. The zero-order valence-electron chi connectivity index (χ0n) is 18.2. The number of benzene rings is 1. The Bertz CT molecular complexity index is 794. The Kier molecular flexibility index (Phi) is 6.50. The van der Waals surface area contributed by atoms with Gasteiger partial charge in [0, 0.05) is 6.54 Å². The highest BCUT2D eigenvalue weighted by atomic mass is 16.7. The quantitative estimate of drug-likeness (QED) is 0.575. The maximum Gasteiger partial charge on any atom is 0.492 e. The van der Waals surface area contributed by atoms with E-state index in [0.29, 0.717) is 17.3 Å². The van der Waals surface area contributed by atoms with Crippen LogP contribution in [0, 0.1) is 0 Å². The first-order valence-corrected chi connectivity index (χ1v) is 9.55. The number of aldehydes is 1. The zero-order chi connectivity index (χ0) is 22.0. The predicted molar refractivity (Wildman–Crippen MR) is 112 cm³/mol. The Morgan fingerprint density at radius 3 is 2.28 bits per heavy atom. The first-order chi connectivity index (χ1) is 13.2. The molecule has 0 bridgehead atoms. The first-order valence-electron chi connectivity index (χ1n) is 9.55. The molecule has 0 radical (unpaired) electrons. The predicted octanol–water partition coefficient (Wildman–Crippen LogP) is 3.74. The average molecular weight is 403 g/mol. The molecule has 1 aliphatic heterocycles. The van der Waals surface area contributed by atoms with E-state index in [1.807, 2.05) is 27.7 Å². The average Bonchev–Trinajstić information content (AvgIpc) is 2.77. The van der Waals surface area contributed by atoms with Crippen molar-refractivity contribution >= 4 is 25.6 Å². The Labute approximate surface area is 172 Å². The summed E-state index contributed by atoms with van der Waals surface area (Å²) in [7, 11) is -0.692. The Morgan fingerprint density at radius 1 is 1.21 bits per heavy atom. The van der Waals surface area contributed by atoms with Crippen molar-refractivity contribution in [2.45, 2.75) is 65.3 Å². The van der Waals surface area contributed by atoms with E-state index in [-0.39, 0.29) is 17.9 Å². The molecular weight excluding hydrogens is 373 g/mol. The molecule has 0 spiro atoms. The minimum Gasteiger partial charge on any atom is -0.507 e. The molecule has 2 rings (SSSR count). The number of ether oxygens (including phenoxy) is 1. The van der Waals surface area contributed by atoms with Gasteiger partial charge in [-0.15, -0.1) is 0 Å². The molecule has 1 saturated heterocycles. The summed E-state index contributed by atoms with van der Waals surface area (Å²) in [5.74, 6) is -0.123. The fraction of sp³-hybridized carbons (Fsp3) is 0.524. The molecule has 29 heavy (non-hydrogen) atoms. The van der Waals surface area contributed by atoms with Gasteiger partial charge in [0.15, 0.2) is 6.29 Å². The van der Waals surface area contributed by atoms with Crippen LogP contribution in [0.2, 0.25) is 0 Å². The summed E-state index contributed by atoms with van der Waals surface area (Å²) in [5, 5.41) is 12.7. The van der Waals surface area contributed by atoms with E-state index in [9.17, 15) is 14.7 Å². The first kappa shape index (κ1) is 23.0. The Hall–Kier alpha value is -2.32. The van der Waals surface area contributed by atoms with Crippen molar-refractivity contribution in [2.75, 3.05) is 6.54 Å². The van der Waals surface area contributed by atoms with Crippen LogP contribution in [-0.4, -0.2) is 48.0 Å². The molecule has 158 valence electrons. The van der Waals surface area contributed by atoms with Crippen LogP contribution in [0.3, 0.4) is 0 Å². The van der Waals surface area contributed by atoms with Gasteiger partial charge in [-0.3, -0.25) is 4.79 Å². The fourth-order valence-electron chi connectivity index (χ4n) is 2.65. The summed E-state index contributed by atoms with van der Waals surface area (Å²) < 4.78 is 17.5. The van der Waals surface area contributed by atoms with Crippen molar-refractivity contribution < 1.29 is 28.7 Å². The molecule has 2 N–H and O–H groups in total. The van der Waals surface area contributed by atoms with Crippen molar-refractivity contribution in [2.24, 2.45) is 0 Å². The molecule has 0 aromatic heterocycles. The van der Waals surface area contributed by atoms with Crippen molar-refractivity contribution in [3.05, 3.63) is 34.8 Å². The number of alkyl carbamates (subject to hydrolysis) is 1. The SMILES string of the molecule is CC(C)(C)OC(=O)NCC(=Cc1ccc(C=O)c(O)c1)B1OC(C)(C)C(C)(C)O1. The van der Waals surface area contributed by atoms with Crippen LogP contribution in [0.25, 0.3) is 6.08 Å². The Balaban J connectivity index is 2.29. The van der Waals surface area contributed by atoms with Crippen molar-refractivity contribution in [1.29, 1.82) is 0 Å². The lowest BCUT2D eigenvalue weighted by atomic mass is 9.77. The Morgan fingerprint density at radius 2 is 1.79 bits per heavy atom. The van der Waals surface area contributed by atoms with Gasteiger partial charge in [0.2, 0.25) is 0 Å². The van der Waals surface area contributed by atoms with Gasteiger partial charge in [-0.1, -0.05) is 12.1 Å². The van der Waals surface area contributed by atoms with Gasteiger partial charge in [-0.05, 0) is 71.6 Å². The lowest BCUT2D eigenvalue weighted by Gasteiger charge is -2.32. The fourth-order valence-corrected chi connectivity index (χ4v) is 2.65. The number of hydrogen-bond donors (Lipinski definition) is 2. The van der Waals surface area contributed by atoms with Crippen LogP contribution in [0.5, 0.6) is 5.75 Å². The van der Waals surface area contributed by atoms with Crippen molar-refractivity contribution in [1.82, 2.24) is 5.32 Å². The normalized spacial score (nSPS) is 18.4. The van der Waals surface area contributed by atoms with E-state index in [1.54, 1.807) is 32.9 Å². The number of nitrogens with one attached hydrogen (secondary N) is 1. The minimum atomic E-state index is -0.692. The van der Waals surface area contributed by atoms with Gasteiger partial charge >= 0.3 is 13.2 Å². The summed E-state index contributed by atoms with van der Waals surface area (Å²) in [6, 6.07) is 4.70. The van der Waals surface area contributed by atoms with Crippen LogP contribution >= 0.6 is 0 Å². The summed E-state index contributed by atoms with van der Waals surface area (Å²) >= 11 is 0. The molecule has 1 heterocycles. The summed E-state index contributed by atoms with van der Waals surface area (Å²) in [6.07, 6.45) is 1.79. The lowest BCUT2D eigenvalue weighted by Crippen LogP contribution is -2.41. The smallest absolute Gasteiger partial charge is 0.492 e. The van der Waals surface area contributed by atoms with Crippen LogP contribution in [-0.2, 0) is 14.0 Å². The van der Waals surface area contributed by atoms with E-state index in [4.69, 9.17) is 14.0 Å². The molecular formula is C21H30BNO6. The standard InChI is InChI=1S/C21H30BNO6/c1-19(2,3)27-18(26)23-12-16(22-28-20(4,5)21(6,7)29-22)10-14-8-9-15(13-24)17(25)11-14/h8-11,13,25H,12H2,1-7H3,(H,23,26). The van der Waals surface area contributed by atoms with E-state index < -0.39 is 30.0 Å². The number of hydrogen-bond acceptors (Lipinski definition) is 6. The molecule has 1 fully saturated rings. The van der Waals surface area contributed by atoms with Crippen molar-refractivity contribution in [3.63, 3.8) is 0 Å². The highest BCUT2D eigenvalue weighted by Gasteiger charge is 2.52. The molecule has 1 aromatic carbocycles. The summed E-state index contributed by atoms with van der Waals surface area (Å²) in [6.45, 7) is 13.3. The van der Waals surface area contributed by atoms with E-state index >= 15 is 0 Å². The van der Waals surface area contributed by atoms with E-state index in [2.05, 4.69) is 5.32 Å². The van der Waals surface area contributed by atoms with E-state index in [0.717, 1.165) is 0 Å². The molecule has 8 heteroatoms. The topological polar surface area (TPSA) is 94.1 Å². The number of rotatable bonds is 5. The molecule has 1 aliphatic rings. The number of phenolic OH excluding ortho intramolecular Hbond substituents is 1. The monoisotopic (exact) mass is 403 g/mol. The highest BCUT2D eigenvalue weighted by Crippen LogP contribution is 2.38. The third-order valence-corrected chi connectivity index (χ3v) is 4.93. The molecule has 1 aromatic rings. The van der Waals surface area contributed by atoms with Gasteiger partial charge in [-0.2, -0.15) is 0 Å². The van der Waals surface area contributed by atoms with Crippen LogP contribution < -0.4 is 5.32 Å². The van der Waals surface area contributed by atoms with Gasteiger partial charge in [0.1, 0.15) is 11.4 Å². The largest absolute Gasteiger partial charge is 0.507 e. The summed E-state index contributed by atoms with van der Waals surface area (Å²) in [5.41, 5.74) is -0.226. The second kappa shape index (κ2) is 8.20. The number of amides is 1. The van der Waals surface area contributed by atoms with Crippen LogP contribution in [0.1, 0.15) is 64.4 Å². The zero-order valence-corrected chi connectivity index (χ0v) is 18.2. The second-order valence-corrected chi connectivity index (χ2v) is 9.10. The molecule has 0 saturated carbocycles. The van der Waals surface area contributed by atoms with Gasteiger partial charge in [-0.25, -0.2) is 4.79 Å².